The third-order valence-corrected chi connectivity index (χ3v) is 6.62. The number of sulfonamides is 1. The molecule has 0 spiro atoms. The molecule has 0 aromatic heterocycles. The normalized spacial score (nSPS) is 15.1. The van der Waals surface area contributed by atoms with Crippen molar-refractivity contribution in [3.05, 3.63) is 54.1 Å². The summed E-state index contributed by atoms with van der Waals surface area (Å²) in [5.41, 5.74) is 1.11. The third kappa shape index (κ3) is 6.09. The molecule has 1 aliphatic heterocycles. The van der Waals surface area contributed by atoms with Gasteiger partial charge in [-0.15, -0.1) is 0 Å². The number of hydrogen-bond donors (Lipinski definition) is 1. The Balaban J connectivity index is 1.82. The molecule has 32 heavy (non-hydrogen) atoms. The van der Waals surface area contributed by atoms with Gasteiger partial charge in [-0.1, -0.05) is 12.1 Å². The fourth-order valence-electron chi connectivity index (χ4n) is 3.12. The highest BCUT2D eigenvalue weighted by atomic mass is 32.2. The Kier molecular flexibility index (Phi) is 7.89. The smallest absolute Gasteiger partial charge is 0.248 e. The van der Waals surface area contributed by atoms with E-state index in [4.69, 9.17) is 14.2 Å². The molecule has 0 aliphatic carbocycles. The van der Waals surface area contributed by atoms with Crippen molar-refractivity contribution in [2.75, 3.05) is 38.7 Å². The predicted octanol–water partition coefficient (Wildman–Crippen LogP) is 3.16. The number of morpholine rings is 1. The largest absolute Gasteiger partial charge is 0.497 e. The maximum Gasteiger partial charge on any atom is 0.248 e. The molecule has 1 aliphatic rings. The van der Waals surface area contributed by atoms with E-state index < -0.39 is 15.9 Å². The fourth-order valence-corrected chi connectivity index (χ4v) is 4.56. The molecular weight excluding hydrogens is 432 g/mol. The van der Waals surface area contributed by atoms with E-state index in [1.807, 2.05) is 26.0 Å². The predicted molar refractivity (Wildman–Crippen MR) is 122 cm³/mol. The number of methoxy groups -OCH3 is 1. The minimum Gasteiger partial charge on any atom is -0.497 e. The van der Waals surface area contributed by atoms with Gasteiger partial charge in [0.2, 0.25) is 15.9 Å². The Morgan fingerprint density at radius 1 is 1.12 bits per heavy atom. The molecule has 9 heteroatoms. The molecule has 2 aromatic rings. The summed E-state index contributed by atoms with van der Waals surface area (Å²) in [5.74, 6) is 0.711. The average molecular weight is 461 g/mol. The van der Waals surface area contributed by atoms with Gasteiger partial charge in [-0.2, -0.15) is 4.31 Å². The fraction of sp³-hybridized carbons (Fsp3) is 0.348. The number of carbonyl (C=O) groups excluding carboxylic acids is 1. The van der Waals surface area contributed by atoms with Crippen LogP contribution in [0.15, 0.2) is 53.4 Å². The summed E-state index contributed by atoms with van der Waals surface area (Å²) in [6.07, 6.45) is 2.89. The lowest BCUT2D eigenvalue weighted by molar-refractivity contribution is -0.111. The summed E-state index contributed by atoms with van der Waals surface area (Å²) < 4.78 is 43.5. The van der Waals surface area contributed by atoms with Crippen molar-refractivity contribution in [2.45, 2.75) is 24.8 Å². The Hall–Kier alpha value is -2.88. The first-order valence-corrected chi connectivity index (χ1v) is 11.8. The van der Waals surface area contributed by atoms with Gasteiger partial charge in [0, 0.05) is 19.2 Å². The number of anilines is 1. The Labute approximate surface area is 188 Å². The zero-order chi connectivity index (χ0) is 23.1. The Morgan fingerprint density at radius 3 is 2.44 bits per heavy atom. The highest BCUT2D eigenvalue weighted by Crippen LogP contribution is 2.30. The molecule has 0 radical (unpaired) electrons. The maximum atomic E-state index is 13.0. The molecule has 1 saturated heterocycles. The van der Waals surface area contributed by atoms with Crippen molar-refractivity contribution in [2.24, 2.45) is 0 Å². The van der Waals surface area contributed by atoms with E-state index in [9.17, 15) is 13.2 Å². The van der Waals surface area contributed by atoms with Gasteiger partial charge in [-0.25, -0.2) is 8.42 Å². The maximum absolute atomic E-state index is 13.0. The molecule has 8 nitrogen and oxygen atoms in total. The number of nitrogens with zero attached hydrogens (tertiary/aromatic N) is 1. The van der Waals surface area contributed by atoms with Crippen LogP contribution in [-0.4, -0.2) is 58.1 Å². The molecule has 2 aromatic carbocycles. The first-order valence-electron chi connectivity index (χ1n) is 10.3. The molecular formula is C23H28N2O6S. The van der Waals surface area contributed by atoms with Crippen molar-refractivity contribution in [1.29, 1.82) is 0 Å². The van der Waals surface area contributed by atoms with E-state index in [1.54, 1.807) is 31.4 Å². The van der Waals surface area contributed by atoms with E-state index >= 15 is 0 Å². The first-order chi connectivity index (χ1) is 15.3. The highest BCUT2D eigenvalue weighted by molar-refractivity contribution is 7.89. The van der Waals surface area contributed by atoms with Crippen LogP contribution in [0.3, 0.4) is 0 Å². The van der Waals surface area contributed by atoms with Gasteiger partial charge in [0.15, 0.2) is 0 Å². The van der Waals surface area contributed by atoms with Crippen LogP contribution >= 0.6 is 0 Å². The summed E-state index contributed by atoms with van der Waals surface area (Å²) in [5, 5.41) is 2.74. The van der Waals surface area contributed by atoms with Crippen LogP contribution in [0.1, 0.15) is 19.4 Å². The van der Waals surface area contributed by atoms with Crippen LogP contribution in [0, 0.1) is 0 Å². The molecule has 0 saturated carbocycles. The zero-order valence-corrected chi connectivity index (χ0v) is 19.2. The number of rotatable bonds is 8. The summed E-state index contributed by atoms with van der Waals surface area (Å²) in [4.78, 5) is 12.6. The lowest BCUT2D eigenvalue weighted by atomic mass is 10.2. The molecule has 1 fully saturated rings. The average Bonchev–Trinajstić information content (AvgIpc) is 2.79. The van der Waals surface area contributed by atoms with Crippen molar-refractivity contribution in [3.63, 3.8) is 0 Å². The van der Waals surface area contributed by atoms with Gasteiger partial charge in [0.05, 0.1) is 37.0 Å². The SMILES string of the molecule is COc1ccc(/C=C/C(=O)Nc2cc(S(=O)(=O)N3CCOCC3)ccc2OC(C)C)cc1. The standard InChI is InChI=1S/C23H28N2O6S/c1-17(2)31-22-10-9-20(32(27,28)25-12-14-30-15-13-25)16-21(22)24-23(26)11-6-18-4-7-19(29-3)8-5-18/h4-11,16-17H,12-15H2,1-3H3,(H,24,26)/b11-6+. The molecule has 1 amide bonds. The topological polar surface area (TPSA) is 94.2 Å². The number of carbonyl (C=O) groups is 1. The van der Waals surface area contributed by atoms with Gasteiger partial charge >= 0.3 is 0 Å². The molecule has 0 unspecified atom stereocenters. The van der Waals surface area contributed by atoms with Gasteiger partial charge in [-0.05, 0) is 55.8 Å². The van der Waals surface area contributed by atoms with E-state index in [-0.39, 0.29) is 16.7 Å². The van der Waals surface area contributed by atoms with Crippen LogP contribution < -0.4 is 14.8 Å². The second kappa shape index (κ2) is 10.6. The Morgan fingerprint density at radius 2 is 1.81 bits per heavy atom. The summed E-state index contributed by atoms with van der Waals surface area (Å²) in [7, 11) is -2.13. The lowest BCUT2D eigenvalue weighted by Gasteiger charge is -2.26. The van der Waals surface area contributed by atoms with E-state index in [0.29, 0.717) is 32.1 Å². The van der Waals surface area contributed by atoms with Crippen molar-refractivity contribution in [3.8, 4) is 11.5 Å². The first kappa shape index (κ1) is 23.8. The zero-order valence-electron chi connectivity index (χ0n) is 18.4. The summed E-state index contributed by atoms with van der Waals surface area (Å²) >= 11 is 0. The minimum atomic E-state index is -3.71. The van der Waals surface area contributed by atoms with Crippen LogP contribution in [0.2, 0.25) is 0 Å². The quantitative estimate of drug-likeness (QED) is 0.608. The summed E-state index contributed by atoms with van der Waals surface area (Å²) in [6.45, 7) is 5.00. The van der Waals surface area contributed by atoms with Gasteiger partial charge in [-0.3, -0.25) is 4.79 Å². The van der Waals surface area contributed by atoms with Crippen LogP contribution in [0.25, 0.3) is 6.08 Å². The molecule has 1 N–H and O–H groups in total. The number of nitrogens with one attached hydrogen (secondary N) is 1. The van der Waals surface area contributed by atoms with Crippen molar-refractivity contribution < 1.29 is 27.4 Å². The van der Waals surface area contributed by atoms with Crippen molar-refractivity contribution >= 4 is 27.7 Å². The number of benzene rings is 2. The second-order valence-corrected chi connectivity index (χ2v) is 9.37. The second-order valence-electron chi connectivity index (χ2n) is 7.44. The molecule has 1 heterocycles. The highest BCUT2D eigenvalue weighted by Gasteiger charge is 2.27. The van der Waals surface area contributed by atoms with Crippen LogP contribution in [0.5, 0.6) is 11.5 Å². The van der Waals surface area contributed by atoms with E-state index in [0.717, 1.165) is 11.3 Å². The lowest BCUT2D eigenvalue weighted by Crippen LogP contribution is -2.40. The molecule has 0 atom stereocenters. The number of amides is 1. The van der Waals surface area contributed by atoms with Crippen LogP contribution in [0.4, 0.5) is 5.69 Å². The van der Waals surface area contributed by atoms with Crippen LogP contribution in [-0.2, 0) is 19.6 Å². The van der Waals surface area contributed by atoms with Gasteiger partial charge < -0.3 is 19.5 Å². The Bertz CT molecular complexity index is 1060. The summed E-state index contributed by atoms with van der Waals surface area (Å²) in [6, 6.07) is 11.7. The van der Waals surface area contributed by atoms with Gasteiger partial charge in [0.1, 0.15) is 11.5 Å². The van der Waals surface area contributed by atoms with Crippen molar-refractivity contribution in [1.82, 2.24) is 4.31 Å². The molecule has 0 bridgehead atoms. The molecule has 172 valence electrons. The monoisotopic (exact) mass is 460 g/mol. The van der Waals surface area contributed by atoms with E-state index in [2.05, 4.69) is 5.32 Å². The third-order valence-electron chi connectivity index (χ3n) is 4.72. The van der Waals surface area contributed by atoms with Gasteiger partial charge in [0.25, 0.3) is 0 Å². The number of hydrogen-bond acceptors (Lipinski definition) is 6. The molecule has 3 rings (SSSR count). The number of ether oxygens (including phenoxy) is 3. The van der Waals surface area contributed by atoms with E-state index in [1.165, 1.54) is 22.5 Å². The minimum absolute atomic E-state index is 0.0879.